The number of nitrogens with one attached hydrogen (secondary N) is 1. The highest BCUT2D eigenvalue weighted by atomic mass is 32.1. The lowest BCUT2D eigenvalue weighted by atomic mass is 10.1. The first-order valence-electron chi connectivity index (χ1n) is 9.07. The van der Waals surface area contributed by atoms with E-state index < -0.39 is 16.4 Å². The standard InChI is InChI=1S/C21H16N4O4S/c26-19(22-11-15-8-4-5-9-18(15)25(28)29)17-12-23-21-24(20(17)27)13-16(30-21)10-14-6-2-1-3-7-14/h1-9,12-13H,10-11H2,(H,22,26). The number of carbonyl (C=O) groups excluding carboxylic acids is 1. The van der Waals surface area contributed by atoms with Crippen LogP contribution in [0.5, 0.6) is 0 Å². The van der Waals surface area contributed by atoms with Crippen LogP contribution in [0, 0.1) is 10.1 Å². The van der Waals surface area contributed by atoms with Crippen LogP contribution < -0.4 is 10.9 Å². The van der Waals surface area contributed by atoms with Crippen LogP contribution in [0.2, 0.25) is 0 Å². The normalized spacial score (nSPS) is 10.8. The third kappa shape index (κ3) is 3.96. The minimum atomic E-state index is -0.629. The number of benzene rings is 2. The van der Waals surface area contributed by atoms with Crippen LogP contribution in [-0.4, -0.2) is 20.2 Å². The van der Waals surface area contributed by atoms with Crippen molar-refractivity contribution in [1.29, 1.82) is 0 Å². The van der Waals surface area contributed by atoms with Gasteiger partial charge in [0.05, 0.1) is 4.92 Å². The lowest BCUT2D eigenvalue weighted by molar-refractivity contribution is -0.385. The summed E-state index contributed by atoms with van der Waals surface area (Å²) in [6, 6.07) is 16.0. The van der Waals surface area contributed by atoms with E-state index >= 15 is 0 Å². The fourth-order valence-corrected chi connectivity index (χ4v) is 4.05. The summed E-state index contributed by atoms with van der Waals surface area (Å²) in [4.78, 5) is 41.6. The van der Waals surface area contributed by atoms with Gasteiger partial charge in [-0.2, -0.15) is 0 Å². The van der Waals surface area contributed by atoms with E-state index in [0.717, 1.165) is 10.4 Å². The van der Waals surface area contributed by atoms with E-state index in [0.29, 0.717) is 16.9 Å². The number of nitro benzene ring substituents is 1. The SMILES string of the molecule is O=C(NCc1ccccc1[N+](=O)[O-])c1cnc2sc(Cc3ccccc3)cn2c1=O. The average Bonchev–Trinajstić information content (AvgIpc) is 3.16. The van der Waals surface area contributed by atoms with Crippen molar-refractivity contribution in [2.75, 3.05) is 0 Å². The predicted octanol–water partition coefficient (Wildman–Crippen LogP) is 3.19. The molecule has 1 amide bonds. The van der Waals surface area contributed by atoms with Crippen molar-refractivity contribution in [3.05, 3.63) is 109 Å². The van der Waals surface area contributed by atoms with Crippen LogP contribution in [0.1, 0.15) is 26.4 Å². The van der Waals surface area contributed by atoms with Crippen LogP contribution in [-0.2, 0) is 13.0 Å². The van der Waals surface area contributed by atoms with Crippen LogP contribution in [0.3, 0.4) is 0 Å². The molecule has 0 fully saturated rings. The zero-order chi connectivity index (χ0) is 21.1. The van der Waals surface area contributed by atoms with Crippen LogP contribution in [0.4, 0.5) is 5.69 Å². The number of rotatable bonds is 6. The van der Waals surface area contributed by atoms with Gasteiger partial charge in [0.15, 0.2) is 4.96 Å². The number of hydrogen-bond acceptors (Lipinski definition) is 6. The summed E-state index contributed by atoms with van der Waals surface area (Å²) in [7, 11) is 0. The number of aromatic nitrogens is 2. The molecule has 8 nitrogen and oxygen atoms in total. The second-order valence-electron chi connectivity index (χ2n) is 6.56. The number of nitrogens with zero attached hydrogens (tertiary/aromatic N) is 3. The molecule has 0 spiro atoms. The molecule has 0 unspecified atom stereocenters. The Bertz CT molecular complexity index is 1300. The quantitative estimate of drug-likeness (QED) is 0.381. The molecule has 0 aliphatic carbocycles. The topological polar surface area (TPSA) is 107 Å². The van der Waals surface area contributed by atoms with Gasteiger partial charge < -0.3 is 5.32 Å². The fraction of sp³-hybridized carbons (Fsp3) is 0.0952. The fourth-order valence-electron chi connectivity index (χ4n) is 3.07. The van der Waals surface area contributed by atoms with Crippen molar-refractivity contribution in [3.8, 4) is 0 Å². The molecule has 9 heteroatoms. The van der Waals surface area contributed by atoms with Crippen molar-refractivity contribution < 1.29 is 9.72 Å². The molecule has 0 radical (unpaired) electrons. The van der Waals surface area contributed by atoms with Crippen molar-refractivity contribution in [1.82, 2.24) is 14.7 Å². The van der Waals surface area contributed by atoms with Gasteiger partial charge in [0.2, 0.25) is 0 Å². The van der Waals surface area contributed by atoms with Crippen molar-refractivity contribution in [2.45, 2.75) is 13.0 Å². The average molecular weight is 420 g/mol. The summed E-state index contributed by atoms with van der Waals surface area (Å²) in [5.74, 6) is -0.629. The second kappa shape index (κ2) is 8.26. The molecule has 150 valence electrons. The highest BCUT2D eigenvalue weighted by molar-refractivity contribution is 7.17. The highest BCUT2D eigenvalue weighted by Crippen LogP contribution is 2.19. The van der Waals surface area contributed by atoms with Gasteiger partial charge in [0.1, 0.15) is 5.56 Å². The molecule has 0 aliphatic rings. The number of hydrogen-bond donors (Lipinski definition) is 1. The predicted molar refractivity (Wildman–Crippen MR) is 113 cm³/mol. The van der Waals surface area contributed by atoms with Gasteiger partial charge in [-0.15, -0.1) is 11.3 Å². The Balaban J connectivity index is 1.55. The summed E-state index contributed by atoms with van der Waals surface area (Å²) >= 11 is 1.39. The molecule has 2 heterocycles. The third-order valence-corrected chi connectivity index (χ3v) is 5.54. The zero-order valence-electron chi connectivity index (χ0n) is 15.6. The van der Waals surface area contributed by atoms with Crippen LogP contribution in [0.25, 0.3) is 4.96 Å². The Morgan fingerprint density at radius 1 is 1.13 bits per heavy atom. The summed E-state index contributed by atoms with van der Waals surface area (Å²) in [5, 5.41) is 13.7. The minimum Gasteiger partial charge on any atom is -0.347 e. The maximum atomic E-state index is 12.8. The van der Waals surface area contributed by atoms with E-state index in [1.807, 2.05) is 30.3 Å². The minimum absolute atomic E-state index is 0.0684. The number of nitro groups is 1. The molecule has 0 bridgehead atoms. The summed E-state index contributed by atoms with van der Waals surface area (Å²) in [6.07, 6.45) is 3.60. The van der Waals surface area contributed by atoms with E-state index in [1.165, 1.54) is 28.0 Å². The Morgan fingerprint density at radius 2 is 1.87 bits per heavy atom. The first-order chi connectivity index (χ1) is 14.5. The molecule has 0 saturated heterocycles. The second-order valence-corrected chi connectivity index (χ2v) is 7.65. The Kier molecular flexibility index (Phi) is 5.36. The molecular formula is C21H16N4O4S. The van der Waals surface area contributed by atoms with Gasteiger partial charge in [-0.3, -0.25) is 24.1 Å². The first kappa shape index (κ1) is 19.5. The summed E-state index contributed by atoms with van der Waals surface area (Å²) in [6.45, 7) is -0.0684. The summed E-state index contributed by atoms with van der Waals surface area (Å²) < 4.78 is 1.36. The van der Waals surface area contributed by atoms with Gasteiger partial charge in [-0.05, 0) is 5.56 Å². The molecule has 30 heavy (non-hydrogen) atoms. The molecule has 1 N–H and O–H groups in total. The number of fused-ring (bicyclic) bond motifs is 1. The van der Waals surface area contributed by atoms with Gasteiger partial charge in [0.25, 0.3) is 17.2 Å². The molecule has 2 aromatic carbocycles. The smallest absolute Gasteiger partial charge is 0.274 e. The molecule has 2 aromatic heterocycles. The number of para-hydroxylation sites is 1. The zero-order valence-corrected chi connectivity index (χ0v) is 16.5. The Morgan fingerprint density at radius 3 is 2.63 bits per heavy atom. The lowest BCUT2D eigenvalue weighted by Gasteiger charge is -2.05. The van der Waals surface area contributed by atoms with Crippen LogP contribution >= 0.6 is 11.3 Å². The first-order valence-corrected chi connectivity index (χ1v) is 9.89. The van der Waals surface area contributed by atoms with Crippen molar-refractivity contribution in [3.63, 3.8) is 0 Å². The molecule has 0 atom stereocenters. The maximum Gasteiger partial charge on any atom is 0.274 e. The van der Waals surface area contributed by atoms with Gasteiger partial charge in [0, 0.05) is 41.9 Å². The molecule has 0 saturated carbocycles. The van der Waals surface area contributed by atoms with E-state index in [9.17, 15) is 19.7 Å². The van der Waals surface area contributed by atoms with Crippen molar-refractivity contribution in [2.24, 2.45) is 0 Å². The number of carbonyl (C=O) groups is 1. The molecule has 4 rings (SSSR count). The van der Waals surface area contributed by atoms with E-state index in [2.05, 4.69) is 10.3 Å². The number of thiazole rings is 1. The number of amides is 1. The maximum absolute atomic E-state index is 12.8. The van der Waals surface area contributed by atoms with Gasteiger partial charge in [-0.1, -0.05) is 48.5 Å². The van der Waals surface area contributed by atoms with Crippen molar-refractivity contribution >= 4 is 27.9 Å². The Labute approximate surface area is 174 Å². The Hall–Kier alpha value is -3.85. The van der Waals surface area contributed by atoms with Gasteiger partial charge >= 0.3 is 0 Å². The van der Waals surface area contributed by atoms with E-state index in [-0.39, 0.29) is 17.8 Å². The molecular weight excluding hydrogens is 404 g/mol. The van der Waals surface area contributed by atoms with E-state index in [4.69, 9.17) is 0 Å². The summed E-state index contributed by atoms with van der Waals surface area (Å²) in [5.41, 5.74) is 0.780. The van der Waals surface area contributed by atoms with E-state index in [1.54, 1.807) is 24.4 Å². The molecule has 0 aliphatic heterocycles. The lowest BCUT2D eigenvalue weighted by Crippen LogP contribution is -2.31. The largest absolute Gasteiger partial charge is 0.347 e. The third-order valence-electron chi connectivity index (χ3n) is 4.55. The molecule has 4 aromatic rings. The monoisotopic (exact) mass is 420 g/mol. The highest BCUT2D eigenvalue weighted by Gasteiger charge is 2.17. The van der Waals surface area contributed by atoms with Crippen LogP contribution in [0.15, 0.2) is 71.8 Å². The van der Waals surface area contributed by atoms with Gasteiger partial charge in [-0.25, -0.2) is 4.98 Å².